The number of hydrogen-bond donors (Lipinski definition) is 1. The van der Waals surface area contributed by atoms with E-state index in [-0.39, 0.29) is 11.5 Å². The predicted octanol–water partition coefficient (Wildman–Crippen LogP) is 6.70. The van der Waals surface area contributed by atoms with Crippen molar-refractivity contribution in [2.45, 2.75) is 6.54 Å². The third kappa shape index (κ3) is 4.02. The van der Waals surface area contributed by atoms with Gasteiger partial charge in [-0.1, -0.05) is 35.9 Å². The van der Waals surface area contributed by atoms with Crippen molar-refractivity contribution in [1.82, 2.24) is 0 Å². The van der Waals surface area contributed by atoms with E-state index in [0.717, 1.165) is 10.9 Å². The number of carbonyl (C=O) groups excluding carboxylic acids is 1. The first-order valence-electron chi connectivity index (χ1n) is 8.95. The molecule has 146 valence electrons. The molecule has 0 aliphatic rings. The van der Waals surface area contributed by atoms with E-state index in [1.165, 1.54) is 0 Å². The topological polar surface area (TPSA) is 51.5 Å². The molecule has 4 nitrogen and oxygen atoms in total. The first kappa shape index (κ1) is 19.6. The van der Waals surface area contributed by atoms with Crippen LogP contribution in [-0.2, 0) is 6.54 Å². The minimum atomic E-state index is -0.205. The smallest absolute Gasteiger partial charge is 0.230 e. The van der Waals surface area contributed by atoms with Gasteiger partial charge in [0.25, 0.3) is 0 Å². The largest absolute Gasteiger partial charge is 0.496 e. The lowest BCUT2D eigenvalue weighted by Crippen LogP contribution is -2.06. The number of nitrogens with one attached hydrogen (secondary N) is 1. The highest BCUT2D eigenvalue weighted by Gasteiger charge is 2.22. The molecule has 0 bridgehead atoms. The average Bonchev–Trinajstić information content (AvgIpc) is 3.11. The molecule has 4 rings (SSSR count). The molecule has 0 aliphatic heterocycles. The summed E-state index contributed by atoms with van der Waals surface area (Å²) in [6, 6.07) is 20.4. The molecule has 6 heteroatoms. The first-order valence-corrected chi connectivity index (χ1v) is 10.1. The van der Waals surface area contributed by atoms with Gasteiger partial charge >= 0.3 is 0 Å². The van der Waals surface area contributed by atoms with Crippen molar-refractivity contribution in [3.63, 3.8) is 0 Å². The Morgan fingerprint density at radius 1 is 1.10 bits per heavy atom. The van der Waals surface area contributed by atoms with Crippen LogP contribution in [0.2, 0.25) is 5.02 Å². The van der Waals surface area contributed by atoms with Crippen molar-refractivity contribution in [1.29, 1.82) is 0 Å². The van der Waals surface area contributed by atoms with Gasteiger partial charge in [-0.3, -0.25) is 4.79 Å². The maximum atomic E-state index is 13.2. The lowest BCUT2D eigenvalue weighted by molar-refractivity contribution is 0.101. The molecular formula is C23H17BrClNO3. The molecule has 0 spiro atoms. The highest BCUT2D eigenvalue weighted by Crippen LogP contribution is 2.34. The number of para-hydroxylation sites is 1. The molecule has 29 heavy (non-hydrogen) atoms. The Bertz CT molecular complexity index is 1180. The molecule has 0 radical (unpaired) electrons. The number of benzene rings is 3. The number of fused-ring (bicyclic) bond motifs is 1. The molecule has 0 amide bonds. The van der Waals surface area contributed by atoms with E-state index in [0.29, 0.717) is 38.6 Å². The van der Waals surface area contributed by atoms with E-state index in [1.807, 2.05) is 48.5 Å². The lowest BCUT2D eigenvalue weighted by Gasteiger charge is -2.09. The van der Waals surface area contributed by atoms with Crippen LogP contribution in [0.3, 0.4) is 0 Å². The quantitative estimate of drug-likeness (QED) is 0.319. The molecule has 1 N–H and O–H groups in total. The van der Waals surface area contributed by atoms with Gasteiger partial charge < -0.3 is 14.5 Å². The fourth-order valence-corrected chi connectivity index (χ4v) is 3.78. The molecule has 0 fully saturated rings. The second-order valence-electron chi connectivity index (χ2n) is 6.46. The molecule has 0 atom stereocenters. The van der Waals surface area contributed by atoms with E-state index < -0.39 is 0 Å². The summed E-state index contributed by atoms with van der Waals surface area (Å²) in [6.07, 6.45) is 0. The molecule has 0 saturated heterocycles. The van der Waals surface area contributed by atoms with Gasteiger partial charge in [0.15, 0.2) is 5.76 Å². The lowest BCUT2D eigenvalue weighted by atomic mass is 10.1. The third-order valence-corrected chi connectivity index (χ3v) is 5.47. The molecule has 0 unspecified atom stereocenters. The number of carbonyl (C=O) groups is 1. The average molecular weight is 471 g/mol. The molecule has 1 heterocycles. The zero-order valence-electron chi connectivity index (χ0n) is 15.5. The summed E-state index contributed by atoms with van der Waals surface area (Å²) in [4.78, 5) is 13.2. The first-order chi connectivity index (χ1) is 14.1. The van der Waals surface area contributed by atoms with E-state index in [1.54, 1.807) is 25.3 Å². The van der Waals surface area contributed by atoms with Gasteiger partial charge in [0, 0.05) is 22.5 Å². The van der Waals surface area contributed by atoms with Gasteiger partial charge in [0.2, 0.25) is 5.78 Å². The number of methoxy groups -OCH3 is 1. The summed E-state index contributed by atoms with van der Waals surface area (Å²) in [5, 5.41) is 4.91. The summed E-state index contributed by atoms with van der Waals surface area (Å²) in [6.45, 7) is 0.535. The van der Waals surface area contributed by atoms with E-state index >= 15 is 0 Å². The van der Waals surface area contributed by atoms with E-state index in [4.69, 9.17) is 20.8 Å². The maximum absolute atomic E-state index is 13.2. The number of hydrogen-bond acceptors (Lipinski definition) is 4. The zero-order valence-corrected chi connectivity index (χ0v) is 17.9. The Labute approximate surface area is 181 Å². The Morgan fingerprint density at radius 2 is 1.86 bits per heavy atom. The summed E-state index contributed by atoms with van der Waals surface area (Å²) in [7, 11) is 1.58. The second kappa shape index (κ2) is 8.31. The number of anilines is 1. The maximum Gasteiger partial charge on any atom is 0.230 e. The Balaban J connectivity index is 1.71. The Hall–Kier alpha value is -2.76. The van der Waals surface area contributed by atoms with Crippen molar-refractivity contribution in [3.05, 3.63) is 93.1 Å². The summed E-state index contributed by atoms with van der Waals surface area (Å²) in [5.74, 6) is 0.729. The van der Waals surface area contributed by atoms with Gasteiger partial charge in [0.1, 0.15) is 11.3 Å². The van der Waals surface area contributed by atoms with Crippen molar-refractivity contribution in [2.24, 2.45) is 0 Å². The SMILES string of the molecule is COc1ccc(C(=O)c2oc3ccccc3c2NCc2ccc(Cl)cc2)cc1Br. The van der Waals surface area contributed by atoms with Crippen LogP contribution >= 0.6 is 27.5 Å². The van der Waals surface area contributed by atoms with Crippen molar-refractivity contribution in [2.75, 3.05) is 12.4 Å². The normalized spacial score (nSPS) is 10.9. The number of halogens is 2. The van der Waals surface area contributed by atoms with Crippen molar-refractivity contribution in [3.8, 4) is 5.75 Å². The molecule has 4 aromatic rings. The minimum absolute atomic E-state index is 0.205. The van der Waals surface area contributed by atoms with E-state index in [2.05, 4.69) is 21.2 Å². The van der Waals surface area contributed by atoms with Gasteiger partial charge in [-0.2, -0.15) is 0 Å². The Morgan fingerprint density at radius 3 is 2.59 bits per heavy atom. The monoisotopic (exact) mass is 469 g/mol. The van der Waals surface area contributed by atoms with Crippen LogP contribution in [-0.4, -0.2) is 12.9 Å². The van der Waals surface area contributed by atoms with Crippen LogP contribution in [0.25, 0.3) is 11.0 Å². The number of ketones is 1. The number of furan rings is 1. The number of ether oxygens (including phenoxy) is 1. The molecule has 0 aliphatic carbocycles. The fraction of sp³-hybridized carbons (Fsp3) is 0.0870. The van der Waals surface area contributed by atoms with Crippen LogP contribution < -0.4 is 10.1 Å². The van der Waals surface area contributed by atoms with Gasteiger partial charge in [-0.05, 0) is 64.0 Å². The van der Waals surface area contributed by atoms with Crippen LogP contribution in [0.4, 0.5) is 5.69 Å². The van der Waals surface area contributed by atoms with Crippen LogP contribution in [0.5, 0.6) is 5.75 Å². The summed E-state index contributed by atoms with van der Waals surface area (Å²) in [5.41, 5.74) is 2.88. The number of rotatable bonds is 6. The molecule has 3 aromatic carbocycles. The van der Waals surface area contributed by atoms with Crippen LogP contribution in [0, 0.1) is 0 Å². The second-order valence-corrected chi connectivity index (χ2v) is 7.75. The minimum Gasteiger partial charge on any atom is -0.496 e. The van der Waals surface area contributed by atoms with Crippen LogP contribution in [0.1, 0.15) is 21.7 Å². The molecule has 0 saturated carbocycles. The highest BCUT2D eigenvalue weighted by atomic mass is 79.9. The van der Waals surface area contributed by atoms with Gasteiger partial charge in [-0.25, -0.2) is 0 Å². The standard InChI is InChI=1S/C23H17BrClNO3/c1-28-20-11-8-15(12-18(20)24)22(27)23-21(17-4-2-3-5-19(17)29-23)26-13-14-6-9-16(25)10-7-14/h2-12,26H,13H2,1H3. The van der Waals surface area contributed by atoms with Crippen molar-refractivity contribution >= 4 is 50.0 Å². The molecule has 1 aromatic heterocycles. The van der Waals surface area contributed by atoms with Crippen molar-refractivity contribution < 1.29 is 13.9 Å². The van der Waals surface area contributed by atoms with Gasteiger partial charge in [-0.15, -0.1) is 0 Å². The van der Waals surface area contributed by atoms with Gasteiger partial charge in [0.05, 0.1) is 17.3 Å². The molecular weight excluding hydrogens is 454 g/mol. The summed E-state index contributed by atoms with van der Waals surface area (Å²) < 4.78 is 11.9. The zero-order chi connectivity index (χ0) is 20.4. The summed E-state index contributed by atoms with van der Waals surface area (Å²) >= 11 is 9.40. The third-order valence-electron chi connectivity index (χ3n) is 4.60. The predicted molar refractivity (Wildman–Crippen MR) is 119 cm³/mol. The fourth-order valence-electron chi connectivity index (χ4n) is 3.11. The van der Waals surface area contributed by atoms with E-state index in [9.17, 15) is 4.79 Å². The Kier molecular flexibility index (Phi) is 5.60. The highest BCUT2D eigenvalue weighted by molar-refractivity contribution is 9.10. The van der Waals surface area contributed by atoms with Crippen LogP contribution in [0.15, 0.2) is 75.6 Å².